The van der Waals surface area contributed by atoms with Crippen LogP contribution in [0.5, 0.6) is 0 Å². The van der Waals surface area contributed by atoms with Crippen LogP contribution in [-0.2, 0) is 13.0 Å². The average Bonchev–Trinajstić information content (AvgIpc) is 2.53. The van der Waals surface area contributed by atoms with Gasteiger partial charge in [-0.2, -0.15) is 0 Å². The van der Waals surface area contributed by atoms with E-state index in [9.17, 15) is 4.79 Å². The van der Waals surface area contributed by atoms with E-state index >= 15 is 0 Å². The Balaban J connectivity index is 2.18. The highest BCUT2D eigenvalue weighted by atomic mass is 16.2. The average molecular weight is 338 g/mol. The fraction of sp³-hybridized carbons (Fsp3) is 0.409. The van der Waals surface area contributed by atoms with Gasteiger partial charge in [0, 0.05) is 17.6 Å². The smallest absolute Gasteiger partial charge is 0.265 e. The van der Waals surface area contributed by atoms with Gasteiger partial charge in [0.1, 0.15) is 0 Å². The molecule has 0 aliphatic heterocycles. The van der Waals surface area contributed by atoms with Crippen LogP contribution >= 0.6 is 0 Å². The maximum Gasteiger partial charge on any atom is 0.265 e. The number of hydrogen-bond acceptors (Lipinski definition) is 2. The number of amides is 1. The summed E-state index contributed by atoms with van der Waals surface area (Å²) in [7, 11) is 0. The van der Waals surface area contributed by atoms with E-state index in [4.69, 9.17) is 0 Å². The Morgan fingerprint density at radius 2 is 1.48 bits per heavy atom. The van der Waals surface area contributed by atoms with Gasteiger partial charge in [-0.15, -0.1) is 0 Å². The Kier molecular flexibility index (Phi) is 6.02. The molecule has 0 aliphatic carbocycles. The largest absolute Gasteiger partial charge is 0.284 e. The monoisotopic (exact) mass is 338 g/mol. The van der Waals surface area contributed by atoms with Crippen LogP contribution < -0.4 is 5.43 Å². The third-order valence-corrected chi connectivity index (χ3v) is 4.30. The molecule has 0 saturated heterocycles. The first-order valence-corrected chi connectivity index (χ1v) is 8.94. The number of aryl methyl sites for hydroxylation is 3. The maximum atomic E-state index is 12.7. The van der Waals surface area contributed by atoms with Crippen molar-refractivity contribution >= 4 is 5.91 Å². The second-order valence-corrected chi connectivity index (χ2v) is 7.74. The second kappa shape index (κ2) is 7.83. The molecule has 0 saturated carbocycles. The van der Waals surface area contributed by atoms with E-state index in [0.717, 1.165) is 17.5 Å². The number of carbonyl (C=O) groups excluding carboxylic acids is 1. The minimum Gasteiger partial charge on any atom is -0.284 e. The van der Waals surface area contributed by atoms with Crippen LogP contribution in [0.4, 0.5) is 0 Å². The molecule has 25 heavy (non-hydrogen) atoms. The number of nitrogens with one attached hydrogen (secondary N) is 1. The highest BCUT2D eigenvalue weighted by molar-refractivity contribution is 5.94. The van der Waals surface area contributed by atoms with Crippen molar-refractivity contribution in [2.45, 2.75) is 60.0 Å². The third kappa shape index (κ3) is 5.43. The van der Waals surface area contributed by atoms with Crippen LogP contribution in [0.2, 0.25) is 0 Å². The minimum absolute atomic E-state index is 0.0631. The molecule has 134 valence electrons. The molecule has 0 bridgehead atoms. The van der Waals surface area contributed by atoms with Gasteiger partial charge in [0.05, 0.1) is 0 Å². The lowest BCUT2D eigenvalue weighted by Crippen LogP contribution is -2.52. The van der Waals surface area contributed by atoms with Crippen molar-refractivity contribution in [3.8, 4) is 0 Å². The summed E-state index contributed by atoms with van der Waals surface area (Å²) in [6.07, 6.45) is 1.03. The lowest BCUT2D eigenvalue weighted by atomic mass is 10.0. The normalized spacial score (nSPS) is 11.6. The van der Waals surface area contributed by atoms with Crippen molar-refractivity contribution in [2.75, 3.05) is 0 Å². The predicted octanol–water partition coefficient (Wildman–Crippen LogP) is 4.81. The molecule has 2 aromatic rings. The van der Waals surface area contributed by atoms with Gasteiger partial charge >= 0.3 is 0 Å². The lowest BCUT2D eigenvalue weighted by molar-refractivity contribution is 0.0461. The molecule has 0 radical (unpaired) electrons. The SMILES string of the molecule is CCc1ccc(CN(NC(=O)c2cc(C)cc(C)c2)C(C)(C)C)cc1. The van der Waals surface area contributed by atoms with Crippen LogP contribution in [0.1, 0.15) is 60.3 Å². The highest BCUT2D eigenvalue weighted by Crippen LogP contribution is 2.17. The van der Waals surface area contributed by atoms with Gasteiger partial charge in [-0.3, -0.25) is 10.2 Å². The Hall–Kier alpha value is -2.13. The zero-order valence-corrected chi connectivity index (χ0v) is 16.3. The summed E-state index contributed by atoms with van der Waals surface area (Å²) in [6, 6.07) is 14.5. The molecule has 0 aliphatic rings. The zero-order valence-electron chi connectivity index (χ0n) is 16.3. The van der Waals surface area contributed by atoms with Crippen molar-refractivity contribution < 1.29 is 4.79 Å². The molecule has 1 N–H and O–H groups in total. The molecule has 0 atom stereocenters. The Morgan fingerprint density at radius 3 is 1.96 bits per heavy atom. The summed E-state index contributed by atoms with van der Waals surface area (Å²) in [5.74, 6) is -0.0631. The first-order valence-electron chi connectivity index (χ1n) is 8.94. The summed E-state index contributed by atoms with van der Waals surface area (Å²) in [4.78, 5) is 12.7. The number of carbonyl (C=O) groups is 1. The molecule has 0 fully saturated rings. The Morgan fingerprint density at radius 1 is 0.960 bits per heavy atom. The van der Waals surface area contributed by atoms with E-state index in [-0.39, 0.29) is 11.4 Å². The van der Waals surface area contributed by atoms with Crippen LogP contribution in [-0.4, -0.2) is 16.5 Å². The van der Waals surface area contributed by atoms with Crippen molar-refractivity contribution in [2.24, 2.45) is 0 Å². The van der Waals surface area contributed by atoms with E-state index in [1.165, 1.54) is 11.1 Å². The fourth-order valence-corrected chi connectivity index (χ4v) is 2.80. The molecular formula is C22H30N2O. The van der Waals surface area contributed by atoms with Crippen LogP contribution in [0.25, 0.3) is 0 Å². The molecule has 2 aromatic carbocycles. The summed E-state index contributed by atoms with van der Waals surface area (Å²) in [6.45, 7) is 13.2. The lowest BCUT2D eigenvalue weighted by Gasteiger charge is -2.35. The summed E-state index contributed by atoms with van der Waals surface area (Å²) < 4.78 is 0. The van der Waals surface area contributed by atoms with E-state index in [0.29, 0.717) is 12.1 Å². The van der Waals surface area contributed by atoms with E-state index in [1.54, 1.807) is 0 Å². The van der Waals surface area contributed by atoms with Gasteiger partial charge < -0.3 is 0 Å². The number of hydrazine groups is 1. The van der Waals surface area contributed by atoms with Gasteiger partial charge in [-0.1, -0.05) is 48.4 Å². The van der Waals surface area contributed by atoms with Crippen LogP contribution in [0, 0.1) is 13.8 Å². The molecule has 0 heterocycles. The summed E-state index contributed by atoms with van der Waals surface area (Å²) >= 11 is 0. The van der Waals surface area contributed by atoms with Crippen LogP contribution in [0.3, 0.4) is 0 Å². The van der Waals surface area contributed by atoms with Gasteiger partial charge in [0.15, 0.2) is 0 Å². The van der Waals surface area contributed by atoms with Crippen molar-refractivity contribution in [1.29, 1.82) is 0 Å². The Bertz CT molecular complexity index is 706. The third-order valence-electron chi connectivity index (χ3n) is 4.30. The van der Waals surface area contributed by atoms with Gasteiger partial charge in [-0.25, -0.2) is 5.01 Å². The van der Waals surface area contributed by atoms with E-state index in [2.05, 4.69) is 63.5 Å². The zero-order chi connectivity index (χ0) is 18.6. The van der Waals surface area contributed by atoms with Gasteiger partial charge in [-0.05, 0) is 64.3 Å². The first kappa shape index (κ1) is 19.2. The molecular weight excluding hydrogens is 308 g/mol. The van der Waals surface area contributed by atoms with Crippen molar-refractivity contribution in [3.05, 3.63) is 70.3 Å². The van der Waals surface area contributed by atoms with E-state index < -0.39 is 0 Å². The van der Waals surface area contributed by atoms with Crippen molar-refractivity contribution in [1.82, 2.24) is 10.4 Å². The molecule has 0 unspecified atom stereocenters. The molecule has 0 spiro atoms. The first-order chi connectivity index (χ1) is 11.7. The number of hydrogen-bond donors (Lipinski definition) is 1. The van der Waals surface area contributed by atoms with Gasteiger partial charge in [0.25, 0.3) is 5.91 Å². The maximum absolute atomic E-state index is 12.7. The van der Waals surface area contributed by atoms with E-state index in [1.807, 2.05) is 31.0 Å². The fourth-order valence-electron chi connectivity index (χ4n) is 2.80. The highest BCUT2D eigenvalue weighted by Gasteiger charge is 2.24. The molecule has 3 nitrogen and oxygen atoms in total. The standard InChI is InChI=1S/C22H30N2O/c1-7-18-8-10-19(11-9-18)15-24(22(4,5)6)23-21(25)20-13-16(2)12-17(3)14-20/h8-14H,7,15H2,1-6H3,(H,23,25). The summed E-state index contributed by atoms with van der Waals surface area (Å²) in [5.41, 5.74) is 8.33. The molecule has 1 amide bonds. The van der Waals surface area contributed by atoms with Gasteiger partial charge in [0.2, 0.25) is 0 Å². The predicted molar refractivity (Wildman–Crippen MR) is 104 cm³/mol. The Labute approximate surface area is 152 Å². The number of benzene rings is 2. The van der Waals surface area contributed by atoms with Crippen LogP contribution in [0.15, 0.2) is 42.5 Å². The molecule has 2 rings (SSSR count). The topological polar surface area (TPSA) is 32.3 Å². The molecule has 3 heteroatoms. The summed E-state index contributed by atoms with van der Waals surface area (Å²) in [5, 5.41) is 2.01. The minimum atomic E-state index is -0.183. The quantitative estimate of drug-likeness (QED) is 0.793. The molecule has 0 aromatic heterocycles. The number of nitrogens with zero attached hydrogens (tertiary/aromatic N) is 1. The van der Waals surface area contributed by atoms with Crippen molar-refractivity contribution in [3.63, 3.8) is 0 Å². The number of rotatable bonds is 5. The second-order valence-electron chi connectivity index (χ2n) is 7.74.